The highest BCUT2D eigenvalue weighted by molar-refractivity contribution is 5.85. The maximum atomic E-state index is 5.91. The summed E-state index contributed by atoms with van der Waals surface area (Å²) in [5.41, 5.74) is 2.66. The molecule has 0 spiro atoms. The SMILES string of the molecule is COc1c(OCC2CC2)ccc2c1CCNC2C.Cl. The molecule has 19 heavy (non-hydrogen) atoms. The third-order valence-electron chi connectivity index (χ3n) is 3.93. The van der Waals surface area contributed by atoms with Gasteiger partial charge in [-0.2, -0.15) is 0 Å². The van der Waals surface area contributed by atoms with E-state index in [9.17, 15) is 0 Å². The van der Waals surface area contributed by atoms with Crippen LogP contribution in [0.15, 0.2) is 12.1 Å². The summed E-state index contributed by atoms with van der Waals surface area (Å²) in [6.07, 6.45) is 3.64. The molecule has 1 saturated carbocycles. The third-order valence-corrected chi connectivity index (χ3v) is 3.93. The molecule has 1 fully saturated rings. The second-order valence-corrected chi connectivity index (χ2v) is 5.34. The average molecular weight is 284 g/mol. The van der Waals surface area contributed by atoms with Crippen LogP contribution in [0, 0.1) is 5.92 Å². The Balaban J connectivity index is 0.00000133. The summed E-state index contributed by atoms with van der Waals surface area (Å²) in [6, 6.07) is 4.64. The van der Waals surface area contributed by atoms with Gasteiger partial charge >= 0.3 is 0 Å². The number of halogens is 1. The highest BCUT2D eigenvalue weighted by Gasteiger charge is 2.25. The molecule has 0 saturated heterocycles. The molecule has 1 aliphatic carbocycles. The summed E-state index contributed by atoms with van der Waals surface area (Å²) < 4.78 is 11.5. The molecule has 2 aliphatic rings. The van der Waals surface area contributed by atoms with Gasteiger partial charge < -0.3 is 14.8 Å². The van der Waals surface area contributed by atoms with Crippen molar-refractivity contribution in [3.8, 4) is 11.5 Å². The highest BCUT2D eigenvalue weighted by atomic mass is 35.5. The van der Waals surface area contributed by atoms with Crippen molar-refractivity contribution < 1.29 is 9.47 Å². The maximum Gasteiger partial charge on any atom is 0.164 e. The molecule has 1 aliphatic heterocycles. The standard InChI is InChI=1S/C15H21NO2.ClH/c1-10-12-5-6-14(18-9-11-3-4-11)15(17-2)13(12)7-8-16-10;/h5-6,10-11,16H,3-4,7-9H2,1-2H3;1H. The normalized spacial score (nSPS) is 21.3. The Labute approximate surface area is 121 Å². The van der Waals surface area contributed by atoms with Crippen LogP contribution in [0.25, 0.3) is 0 Å². The molecule has 0 aromatic heterocycles. The van der Waals surface area contributed by atoms with E-state index in [0.717, 1.165) is 37.0 Å². The summed E-state index contributed by atoms with van der Waals surface area (Å²) in [5.74, 6) is 2.63. The Hall–Kier alpha value is -0.930. The molecule has 1 aromatic carbocycles. The second-order valence-electron chi connectivity index (χ2n) is 5.34. The summed E-state index contributed by atoms with van der Waals surface area (Å²) in [5, 5.41) is 3.47. The van der Waals surface area contributed by atoms with E-state index in [0.29, 0.717) is 6.04 Å². The Bertz CT molecular complexity index is 446. The number of hydrogen-bond acceptors (Lipinski definition) is 3. The van der Waals surface area contributed by atoms with Crippen molar-refractivity contribution in [1.82, 2.24) is 5.32 Å². The van der Waals surface area contributed by atoms with E-state index >= 15 is 0 Å². The molecule has 1 aromatic rings. The lowest BCUT2D eigenvalue weighted by Crippen LogP contribution is -2.28. The minimum Gasteiger partial charge on any atom is -0.493 e. The second kappa shape index (κ2) is 6.02. The fourth-order valence-electron chi connectivity index (χ4n) is 2.64. The summed E-state index contributed by atoms with van der Waals surface area (Å²) in [7, 11) is 1.74. The van der Waals surface area contributed by atoms with E-state index < -0.39 is 0 Å². The van der Waals surface area contributed by atoms with Gasteiger partial charge in [-0.25, -0.2) is 0 Å². The van der Waals surface area contributed by atoms with Crippen LogP contribution in [0.1, 0.15) is 36.9 Å². The van der Waals surface area contributed by atoms with Crippen LogP contribution >= 0.6 is 12.4 Å². The van der Waals surface area contributed by atoms with E-state index in [2.05, 4.69) is 24.4 Å². The van der Waals surface area contributed by atoms with Gasteiger partial charge in [0, 0.05) is 11.6 Å². The number of methoxy groups -OCH3 is 1. The van der Waals surface area contributed by atoms with E-state index in [-0.39, 0.29) is 12.4 Å². The molecule has 1 atom stereocenters. The highest BCUT2D eigenvalue weighted by Crippen LogP contribution is 2.39. The Kier molecular flexibility index (Phi) is 4.58. The van der Waals surface area contributed by atoms with Gasteiger partial charge in [0.05, 0.1) is 13.7 Å². The largest absolute Gasteiger partial charge is 0.493 e. The van der Waals surface area contributed by atoms with Gasteiger partial charge in [-0.15, -0.1) is 12.4 Å². The molecule has 0 bridgehead atoms. The van der Waals surface area contributed by atoms with Crippen LogP contribution in [-0.4, -0.2) is 20.3 Å². The van der Waals surface area contributed by atoms with E-state index in [1.165, 1.54) is 24.0 Å². The predicted molar refractivity (Wildman–Crippen MR) is 78.6 cm³/mol. The molecule has 0 radical (unpaired) electrons. The van der Waals surface area contributed by atoms with Crippen LogP contribution in [0.4, 0.5) is 0 Å². The number of fused-ring (bicyclic) bond motifs is 1. The summed E-state index contributed by atoms with van der Waals surface area (Å²) >= 11 is 0. The van der Waals surface area contributed by atoms with Crippen molar-refractivity contribution in [3.05, 3.63) is 23.3 Å². The van der Waals surface area contributed by atoms with Gasteiger partial charge in [0.15, 0.2) is 11.5 Å². The molecular formula is C15H22ClNO2. The molecule has 3 nitrogen and oxygen atoms in total. The molecule has 4 heteroatoms. The number of nitrogens with one attached hydrogen (secondary N) is 1. The lowest BCUT2D eigenvalue weighted by atomic mass is 9.94. The number of hydrogen-bond donors (Lipinski definition) is 1. The predicted octanol–water partition coefficient (Wildman–Crippen LogP) is 3.11. The fraction of sp³-hybridized carbons (Fsp3) is 0.600. The van der Waals surface area contributed by atoms with Gasteiger partial charge in [0.1, 0.15) is 0 Å². The number of benzene rings is 1. The summed E-state index contributed by atoms with van der Waals surface area (Å²) in [4.78, 5) is 0. The van der Waals surface area contributed by atoms with Crippen LogP contribution in [0.3, 0.4) is 0 Å². The van der Waals surface area contributed by atoms with Crippen LogP contribution in [0.5, 0.6) is 11.5 Å². The van der Waals surface area contributed by atoms with Crippen molar-refractivity contribution in [1.29, 1.82) is 0 Å². The third kappa shape index (κ3) is 2.98. The molecule has 1 heterocycles. The van der Waals surface area contributed by atoms with Gasteiger partial charge in [-0.05, 0) is 50.3 Å². The van der Waals surface area contributed by atoms with Crippen molar-refractivity contribution in [2.45, 2.75) is 32.2 Å². The first-order valence-electron chi connectivity index (χ1n) is 6.85. The maximum absolute atomic E-state index is 5.91. The fourth-order valence-corrected chi connectivity index (χ4v) is 2.64. The molecule has 1 unspecified atom stereocenters. The molecule has 1 N–H and O–H groups in total. The Morgan fingerprint density at radius 1 is 1.32 bits per heavy atom. The smallest absolute Gasteiger partial charge is 0.164 e. The van der Waals surface area contributed by atoms with Crippen molar-refractivity contribution in [2.24, 2.45) is 5.92 Å². The number of ether oxygens (including phenoxy) is 2. The van der Waals surface area contributed by atoms with E-state index in [1.807, 2.05) is 0 Å². The lowest BCUT2D eigenvalue weighted by molar-refractivity contribution is 0.278. The van der Waals surface area contributed by atoms with Crippen molar-refractivity contribution in [3.63, 3.8) is 0 Å². The number of rotatable bonds is 4. The molecule has 106 valence electrons. The first kappa shape index (κ1) is 14.5. The Morgan fingerprint density at radius 3 is 2.79 bits per heavy atom. The van der Waals surface area contributed by atoms with Crippen LogP contribution < -0.4 is 14.8 Å². The van der Waals surface area contributed by atoms with Crippen LogP contribution in [0.2, 0.25) is 0 Å². The van der Waals surface area contributed by atoms with E-state index in [1.54, 1.807) is 7.11 Å². The van der Waals surface area contributed by atoms with Gasteiger partial charge in [0.25, 0.3) is 0 Å². The average Bonchev–Trinajstić information content (AvgIpc) is 3.20. The molecular weight excluding hydrogens is 262 g/mol. The zero-order valence-electron chi connectivity index (χ0n) is 11.6. The van der Waals surface area contributed by atoms with Gasteiger partial charge in [0.2, 0.25) is 0 Å². The minimum atomic E-state index is 0. The first-order valence-corrected chi connectivity index (χ1v) is 6.85. The van der Waals surface area contributed by atoms with E-state index in [4.69, 9.17) is 9.47 Å². The monoisotopic (exact) mass is 283 g/mol. The first-order chi connectivity index (χ1) is 8.79. The minimum absolute atomic E-state index is 0. The lowest BCUT2D eigenvalue weighted by Gasteiger charge is -2.26. The Morgan fingerprint density at radius 2 is 2.11 bits per heavy atom. The molecule has 3 rings (SSSR count). The molecule has 0 amide bonds. The summed E-state index contributed by atoms with van der Waals surface area (Å²) in [6.45, 7) is 4.04. The van der Waals surface area contributed by atoms with Crippen molar-refractivity contribution >= 4 is 12.4 Å². The van der Waals surface area contributed by atoms with Crippen molar-refractivity contribution in [2.75, 3.05) is 20.3 Å². The quantitative estimate of drug-likeness (QED) is 0.921. The van der Waals surface area contributed by atoms with Gasteiger partial charge in [-0.1, -0.05) is 6.07 Å². The van der Waals surface area contributed by atoms with Crippen LogP contribution in [-0.2, 0) is 6.42 Å². The van der Waals surface area contributed by atoms with Gasteiger partial charge in [-0.3, -0.25) is 0 Å². The zero-order chi connectivity index (χ0) is 12.5. The topological polar surface area (TPSA) is 30.5 Å². The zero-order valence-corrected chi connectivity index (χ0v) is 12.4.